The van der Waals surface area contributed by atoms with Crippen LogP contribution in [0.25, 0.3) is 16.9 Å². The first-order chi connectivity index (χ1) is 13.1. The molecule has 2 aliphatic rings. The number of aryl methyl sites for hydroxylation is 3. The Hall–Kier alpha value is -2.42. The van der Waals surface area contributed by atoms with Crippen LogP contribution in [0.15, 0.2) is 36.8 Å². The molecule has 0 bridgehead atoms. The molecule has 3 heterocycles. The van der Waals surface area contributed by atoms with Gasteiger partial charge in [0, 0.05) is 30.4 Å². The number of pyridine rings is 1. The molecule has 0 spiro atoms. The number of rotatable bonds is 3. The zero-order valence-corrected chi connectivity index (χ0v) is 16.6. The highest BCUT2D eigenvalue weighted by molar-refractivity contribution is 5.73. The van der Waals surface area contributed by atoms with Gasteiger partial charge < -0.3 is 4.57 Å². The molecule has 3 nitrogen and oxygen atoms in total. The summed E-state index contributed by atoms with van der Waals surface area (Å²) in [4.78, 5) is 4.55. The Morgan fingerprint density at radius 2 is 1.96 bits per heavy atom. The normalized spacial score (nSPS) is 16.0. The quantitative estimate of drug-likeness (QED) is 0.490. The molecule has 1 fully saturated rings. The van der Waals surface area contributed by atoms with Crippen molar-refractivity contribution in [1.82, 2.24) is 9.55 Å². The van der Waals surface area contributed by atoms with Gasteiger partial charge in [-0.2, -0.15) is 0 Å². The minimum absolute atomic E-state index is 0.872. The van der Waals surface area contributed by atoms with E-state index in [9.17, 15) is 0 Å². The second-order valence-electron chi connectivity index (χ2n) is 8.48. The number of fused-ring (bicyclic) bond motifs is 3. The van der Waals surface area contributed by atoms with E-state index in [0.29, 0.717) is 0 Å². The Morgan fingerprint density at radius 3 is 2.78 bits per heavy atom. The van der Waals surface area contributed by atoms with E-state index in [4.69, 9.17) is 0 Å². The standard InChI is InChI=1S/C24H28N3/c1-16-8-9-21-20(14-23-25-10-11-27(21)23)24(16)22-13-19(17(2)15-26(22)3)12-18-6-4-5-7-18/h8-11,13,15,18H,4-7,12,14H2,1-3H3/q+1. The minimum Gasteiger partial charge on any atom is -0.303 e. The third-order valence-electron chi connectivity index (χ3n) is 6.63. The summed E-state index contributed by atoms with van der Waals surface area (Å²) in [5.74, 6) is 2.02. The second-order valence-corrected chi connectivity index (χ2v) is 8.48. The van der Waals surface area contributed by atoms with E-state index < -0.39 is 0 Å². The lowest BCUT2D eigenvalue weighted by atomic mass is 9.91. The predicted molar refractivity (Wildman–Crippen MR) is 108 cm³/mol. The minimum atomic E-state index is 0.872. The number of aromatic nitrogens is 3. The lowest BCUT2D eigenvalue weighted by Gasteiger charge is -2.15. The van der Waals surface area contributed by atoms with Crippen LogP contribution in [0, 0.1) is 19.8 Å². The van der Waals surface area contributed by atoms with Crippen LogP contribution < -0.4 is 4.57 Å². The highest BCUT2D eigenvalue weighted by Gasteiger charge is 2.28. The molecule has 5 rings (SSSR count). The summed E-state index contributed by atoms with van der Waals surface area (Å²) in [5.41, 5.74) is 9.76. The lowest BCUT2D eigenvalue weighted by molar-refractivity contribution is -0.660. The molecule has 0 saturated heterocycles. The van der Waals surface area contributed by atoms with Crippen molar-refractivity contribution in [1.29, 1.82) is 0 Å². The van der Waals surface area contributed by atoms with E-state index in [1.807, 2.05) is 6.20 Å². The average Bonchev–Trinajstić information content (AvgIpc) is 3.35. The van der Waals surface area contributed by atoms with Crippen LogP contribution in [0.1, 0.15) is 53.8 Å². The molecule has 3 heteroatoms. The highest BCUT2D eigenvalue weighted by atomic mass is 15.1. The first kappa shape index (κ1) is 16.7. The van der Waals surface area contributed by atoms with Crippen molar-refractivity contribution in [3.63, 3.8) is 0 Å². The first-order valence-corrected chi connectivity index (χ1v) is 10.3. The second kappa shape index (κ2) is 6.33. The summed E-state index contributed by atoms with van der Waals surface area (Å²) < 4.78 is 4.56. The van der Waals surface area contributed by atoms with Gasteiger partial charge in [0.15, 0.2) is 6.20 Å². The van der Waals surface area contributed by atoms with Gasteiger partial charge in [-0.15, -0.1) is 0 Å². The van der Waals surface area contributed by atoms with Crippen LogP contribution in [0.5, 0.6) is 0 Å². The van der Waals surface area contributed by atoms with Crippen LogP contribution in [0.4, 0.5) is 0 Å². The van der Waals surface area contributed by atoms with E-state index in [1.165, 1.54) is 71.3 Å². The smallest absolute Gasteiger partial charge is 0.213 e. The van der Waals surface area contributed by atoms with Crippen molar-refractivity contribution in [3.8, 4) is 16.9 Å². The Bertz CT molecular complexity index is 1020. The van der Waals surface area contributed by atoms with Crippen LogP contribution in [0.2, 0.25) is 0 Å². The van der Waals surface area contributed by atoms with Crippen LogP contribution in [0.3, 0.4) is 0 Å². The molecular weight excluding hydrogens is 330 g/mol. The fourth-order valence-corrected chi connectivity index (χ4v) is 5.18. The average molecular weight is 359 g/mol. The van der Waals surface area contributed by atoms with Crippen LogP contribution in [-0.2, 0) is 19.9 Å². The molecule has 0 amide bonds. The third kappa shape index (κ3) is 2.72. The van der Waals surface area contributed by atoms with E-state index in [2.05, 4.69) is 65.6 Å². The fraction of sp³-hybridized carbons (Fsp3) is 0.417. The number of hydrogen-bond donors (Lipinski definition) is 0. The van der Waals surface area contributed by atoms with Crippen LogP contribution >= 0.6 is 0 Å². The molecule has 0 N–H and O–H groups in total. The van der Waals surface area contributed by atoms with Gasteiger partial charge >= 0.3 is 0 Å². The van der Waals surface area contributed by atoms with Crippen molar-refractivity contribution in [3.05, 3.63) is 64.9 Å². The van der Waals surface area contributed by atoms with Crippen molar-refractivity contribution < 1.29 is 4.57 Å². The van der Waals surface area contributed by atoms with Gasteiger partial charge in [0.2, 0.25) is 5.69 Å². The molecule has 27 heavy (non-hydrogen) atoms. The summed E-state index contributed by atoms with van der Waals surface area (Å²) in [6.07, 6.45) is 14.1. The maximum Gasteiger partial charge on any atom is 0.213 e. The fourth-order valence-electron chi connectivity index (χ4n) is 5.18. The van der Waals surface area contributed by atoms with Gasteiger partial charge in [-0.1, -0.05) is 31.7 Å². The molecule has 0 unspecified atom stereocenters. The predicted octanol–water partition coefficient (Wildman–Crippen LogP) is 4.62. The van der Waals surface area contributed by atoms with E-state index in [-0.39, 0.29) is 0 Å². The van der Waals surface area contributed by atoms with Crippen molar-refractivity contribution in [2.75, 3.05) is 0 Å². The topological polar surface area (TPSA) is 21.7 Å². The van der Waals surface area contributed by atoms with Gasteiger partial charge in [0.05, 0.1) is 11.3 Å². The SMILES string of the molecule is Cc1c[n+](C)c(-c2c(C)ccc3c2Cc2nccn2-3)cc1CC1CCCC1. The first-order valence-electron chi connectivity index (χ1n) is 10.3. The summed E-state index contributed by atoms with van der Waals surface area (Å²) in [6, 6.07) is 6.98. The number of benzene rings is 1. The van der Waals surface area contributed by atoms with Gasteiger partial charge in [-0.25, -0.2) is 9.55 Å². The molecule has 0 atom stereocenters. The summed E-state index contributed by atoms with van der Waals surface area (Å²) >= 11 is 0. The third-order valence-corrected chi connectivity index (χ3v) is 6.63. The maximum absolute atomic E-state index is 4.55. The van der Waals surface area contributed by atoms with Crippen molar-refractivity contribution in [2.45, 2.75) is 52.4 Å². The van der Waals surface area contributed by atoms with Gasteiger partial charge in [-0.05, 0) is 48.9 Å². The number of hydrogen-bond acceptors (Lipinski definition) is 1. The van der Waals surface area contributed by atoms with Gasteiger partial charge in [0.25, 0.3) is 0 Å². The van der Waals surface area contributed by atoms with Gasteiger partial charge in [0.1, 0.15) is 12.9 Å². The summed E-state index contributed by atoms with van der Waals surface area (Å²) in [6.45, 7) is 4.51. The molecule has 1 aromatic carbocycles. The molecule has 0 radical (unpaired) electrons. The van der Waals surface area contributed by atoms with Crippen molar-refractivity contribution in [2.24, 2.45) is 13.0 Å². The Balaban J connectivity index is 1.63. The number of imidazole rings is 1. The van der Waals surface area contributed by atoms with Gasteiger partial charge in [-0.3, -0.25) is 0 Å². The molecule has 2 aromatic heterocycles. The molecule has 1 aliphatic carbocycles. The molecule has 3 aromatic rings. The van der Waals surface area contributed by atoms with Crippen molar-refractivity contribution >= 4 is 0 Å². The van der Waals surface area contributed by atoms with E-state index >= 15 is 0 Å². The number of nitrogens with zero attached hydrogens (tertiary/aromatic N) is 3. The molecular formula is C24H28N3+. The maximum atomic E-state index is 4.55. The highest BCUT2D eigenvalue weighted by Crippen LogP contribution is 2.37. The van der Waals surface area contributed by atoms with Crippen LogP contribution in [-0.4, -0.2) is 9.55 Å². The van der Waals surface area contributed by atoms with E-state index in [0.717, 1.165) is 18.2 Å². The Morgan fingerprint density at radius 1 is 1.15 bits per heavy atom. The Kier molecular flexibility index (Phi) is 3.92. The monoisotopic (exact) mass is 358 g/mol. The zero-order chi connectivity index (χ0) is 18.5. The lowest BCUT2D eigenvalue weighted by Crippen LogP contribution is -2.32. The summed E-state index contributed by atoms with van der Waals surface area (Å²) in [5, 5.41) is 0. The molecule has 1 saturated carbocycles. The molecule has 1 aliphatic heterocycles. The zero-order valence-electron chi connectivity index (χ0n) is 16.6. The molecule has 138 valence electrons. The largest absolute Gasteiger partial charge is 0.303 e. The Labute approximate surface area is 161 Å². The summed E-state index contributed by atoms with van der Waals surface area (Å²) in [7, 11) is 2.19. The van der Waals surface area contributed by atoms with E-state index in [1.54, 1.807) is 0 Å².